The summed E-state index contributed by atoms with van der Waals surface area (Å²) in [6, 6.07) is 0. The SMILES string of the molecule is FC1CNCCC2CC12. The van der Waals surface area contributed by atoms with Crippen molar-refractivity contribution >= 4 is 0 Å². The molecule has 3 unspecified atom stereocenters. The van der Waals surface area contributed by atoms with E-state index in [1.54, 1.807) is 0 Å². The van der Waals surface area contributed by atoms with Gasteiger partial charge < -0.3 is 5.32 Å². The average molecular weight is 129 g/mol. The normalized spacial score (nSPS) is 49.7. The standard InChI is InChI=1S/C7H12FN/c8-7-4-9-2-1-5-3-6(5)7/h5-7,9H,1-4H2. The van der Waals surface area contributed by atoms with Gasteiger partial charge in [-0.1, -0.05) is 0 Å². The summed E-state index contributed by atoms with van der Waals surface area (Å²) in [4.78, 5) is 0. The van der Waals surface area contributed by atoms with Crippen LogP contribution >= 0.6 is 0 Å². The molecule has 52 valence electrons. The number of fused-ring (bicyclic) bond motifs is 1. The van der Waals surface area contributed by atoms with Gasteiger partial charge in [0.1, 0.15) is 6.17 Å². The first-order valence-corrected chi connectivity index (χ1v) is 3.72. The molecule has 0 aromatic carbocycles. The highest BCUT2D eigenvalue weighted by Gasteiger charge is 2.43. The first kappa shape index (κ1) is 5.66. The molecule has 2 fully saturated rings. The van der Waals surface area contributed by atoms with Gasteiger partial charge in [0.05, 0.1) is 0 Å². The van der Waals surface area contributed by atoms with E-state index in [2.05, 4.69) is 5.32 Å². The molecule has 1 saturated carbocycles. The first-order chi connectivity index (χ1) is 4.38. The molecular formula is C7H12FN. The second-order valence-corrected chi connectivity index (χ2v) is 3.17. The summed E-state index contributed by atoms with van der Waals surface area (Å²) in [5.41, 5.74) is 0. The van der Waals surface area contributed by atoms with Crippen molar-refractivity contribution < 1.29 is 4.39 Å². The Morgan fingerprint density at radius 3 is 3.22 bits per heavy atom. The Kier molecular flexibility index (Phi) is 1.22. The van der Waals surface area contributed by atoms with E-state index in [4.69, 9.17) is 0 Å². The zero-order chi connectivity index (χ0) is 6.27. The highest BCUT2D eigenvalue weighted by Crippen LogP contribution is 2.45. The van der Waals surface area contributed by atoms with Crippen LogP contribution in [0.1, 0.15) is 12.8 Å². The zero-order valence-corrected chi connectivity index (χ0v) is 5.44. The summed E-state index contributed by atoms with van der Waals surface area (Å²) in [6.45, 7) is 1.63. The average Bonchev–Trinajstić information content (AvgIpc) is 2.55. The molecule has 0 bridgehead atoms. The van der Waals surface area contributed by atoms with E-state index in [0.29, 0.717) is 12.5 Å². The maximum atomic E-state index is 12.8. The molecule has 2 heteroatoms. The molecule has 1 nitrogen and oxygen atoms in total. The summed E-state index contributed by atoms with van der Waals surface area (Å²) < 4.78 is 12.8. The molecule has 0 aromatic rings. The third-order valence-corrected chi connectivity index (χ3v) is 2.47. The maximum absolute atomic E-state index is 12.8. The number of halogens is 1. The molecule has 0 amide bonds. The Labute approximate surface area is 54.6 Å². The van der Waals surface area contributed by atoms with Gasteiger partial charge in [-0.2, -0.15) is 0 Å². The quantitative estimate of drug-likeness (QED) is 0.513. The van der Waals surface area contributed by atoms with Crippen LogP contribution in [0.15, 0.2) is 0 Å². The van der Waals surface area contributed by atoms with Gasteiger partial charge in [0.2, 0.25) is 0 Å². The first-order valence-electron chi connectivity index (χ1n) is 3.72. The predicted molar refractivity (Wildman–Crippen MR) is 34.0 cm³/mol. The Hall–Kier alpha value is -0.110. The molecule has 3 atom stereocenters. The topological polar surface area (TPSA) is 12.0 Å². The second kappa shape index (κ2) is 1.94. The van der Waals surface area contributed by atoms with E-state index in [1.165, 1.54) is 6.42 Å². The van der Waals surface area contributed by atoms with Crippen LogP contribution in [-0.2, 0) is 0 Å². The van der Waals surface area contributed by atoms with E-state index < -0.39 is 6.17 Å². The van der Waals surface area contributed by atoms with E-state index >= 15 is 0 Å². The number of nitrogens with one attached hydrogen (secondary N) is 1. The van der Waals surface area contributed by atoms with Gasteiger partial charge in [-0.25, -0.2) is 4.39 Å². The maximum Gasteiger partial charge on any atom is 0.116 e. The molecule has 1 aliphatic carbocycles. The van der Waals surface area contributed by atoms with Gasteiger partial charge in [-0.3, -0.25) is 0 Å². The van der Waals surface area contributed by atoms with Crippen LogP contribution in [0.3, 0.4) is 0 Å². The minimum absolute atomic E-state index is 0.431. The van der Waals surface area contributed by atoms with Gasteiger partial charge in [-0.15, -0.1) is 0 Å². The molecule has 1 heterocycles. The van der Waals surface area contributed by atoms with Crippen LogP contribution in [0.25, 0.3) is 0 Å². The minimum Gasteiger partial charge on any atom is -0.314 e. The van der Waals surface area contributed by atoms with Crippen LogP contribution in [0.4, 0.5) is 4.39 Å². The van der Waals surface area contributed by atoms with Crippen molar-refractivity contribution in [2.75, 3.05) is 13.1 Å². The summed E-state index contributed by atoms with van der Waals surface area (Å²) in [7, 11) is 0. The van der Waals surface area contributed by atoms with Gasteiger partial charge in [0.25, 0.3) is 0 Å². The third-order valence-electron chi connectivity index (χ3n) is 2.47. The molecule has 2 rings (SSSR count). The zero-order valence-electron chi connectivity index (χ0n) is 5.44. The van der Waals surface area contributed by atoms with Crippen molar-refractivity contribution in [2.24, 2.45) is 11.8 Å². The number of alkyl halides is 1. The molecule has 0 aromatic heterocycles. The van der Waals surface area contributed by atoms with Crippen molar-refractivity contribution in [3.8, 4) is 0 Å². The van der Waals surface area contributed by atoms with Crippen LogP contribution in [0.5, 0.6) is 0 Å². The lowest BCUT2D eigenvalue weighted by atomic mass is 10.2. The second-order valence-electron chi connectivity index (χ2n) is 3.17. The van der Waals surface area contributed by atoms with Gasteiger partial charge in [-0.05, 0) is 31.2 Å². The van der Waals surface area contributed by atoms with E-state index in [9.17, 15) is 4.39 Å². The lowest BCUT2D eigenvalue weighted by Crippen LogP contribution is -2.23. The molecule has 1 saturated heterocycles. The van der Waals surface area contributed by atoms with Crippen LogP contribution in [-0.4, -0.2) is 19.3 Å². The number of rotatable bonds is 0. The van der Waals surface area contributed by atoms with Crippen LogP contribution in [0.2, 0.25) is 0 Å². The lowest BCUT2D eigenvalue weighted by Gasteiger charge is -2.02. The number of hydrogen-bond acceptors (Lipinski definition) is 1. The molecule has 1 aliphatic heterocycles. The third kappa shape index (κ3) is 0.960. The van der Waals surface area contributed by atoms with Crippen molar-refractivity contribution in [1.82, 2.24) is 5.32 Å². The lowest BCUT2D eigenvalue weighted by molar-refractivity contribution is 0.289. The molecule has 0 radical (unpaired) electrons. The van der Waals surface area contributed by atoms with Crippen molar-refractivity contribution in [3.05, 3.63) is 0 Å². The van der Waals surface area contributed by atoms with Gasteiger partial charge >= 0.3 is 0 Å². The summed E-state index contributed by atoms with van der Waals surface area (Å²) >= 11 is 0. The summed E-state index contributed by atoms with van der Waals surface area (Å²) in [5.74, 6) is 1.16. The monoisotopic (exact) mass is 129 g/mol. The fourth-order valence-corrected chi connectivity index (χ4v) is 1.72. The Balaban J connectivity index is 1.96. The molecule has 9 heavy (non-hydrogen) atoms. The Morgan fingerprint density at radius 1 is 1.44 bits per heavy atom. The van der Waals surface area contributed by atoms with Crippen molar-refractivity contribution in [2.45, 2.75) is 19.0 Å². The van der Waals surface area contributed by atoms with E-state index in [-0.39, 0.29) is 0 Å². The Morgan fingerprint density at radius 2 is 2.33 bits per heavy atom. The van der Waals surface area contributed by atoms with Crippen molar-refractivity contribution in [3.63, 3.8) is 0 Å². The van der Waals surface area contributed by atoms with E-state index in [1.807, 2.05) is 0 Å². The molecule has 1 N–H and O–H groups in total. The summed E-state index contributed by atoms with van der Waals surface area (Å²) in [6.07, 6.45) is 1.81. The molecule has 2 aliphatic rings. The predicted octanol–water partition coefficient (Wildman–Crippen LogP) is 0.954. The molecule has 0 spiro atoms. The highest BCUT2D eigenvalue weighted by atomic mass is 19.1. The van der Waals surface area contributed by atoms with E-state index in [0.717, 1.165) is 18.9 Å². The fraction of sp³-hybridized carbons (Fsp3) is 1.00. The smallest absolute Gasteiger partial charge is 0.116 e. The van der Waals surface area contributed by atoms with Crippen LogP contribution < -0.4 is 5.32 Å². The molecular weight excluding hydrogens is 117 g/mol. The number of hydrogen-bond donors (Lipinski definition) is 1. The summed E-state index contributed by atoms with van der Waals surface area (Å²) in [5, 5.41) is 3.08. The Bertz CT molecular complexity index is 115. The van der Waals surface area contributed by atoms with Gasteiger partial charge in [0, 0.05) is 6.54 Å². The fourth-order valence-electron chi connectivity index (χ4n) is 1.72. The van der Waals surface area contributed by atoms with Gasteiger partial charge in [0.15, 0.2) is 0 Å². The van der Waals surface area contributed by atoms with Crippen molar-refractivity contribution in [1.29, 1.82) is 0 Å². The van der Waals surface area contributed by atoms with Crippen LogP contribution in [0, 0.1) is 11.8 Å². The minimum atomic E-state index is -0.544. The highest BCUT2D eigenvalue weighted by molar-refractivity contribution is 4.94. The largest absolute Gasteiger partial charge is 0.314 e.